The van der Waals surface area contributed by atoms with E-state index in [1.165, 1.54) is 5.56 Å². The molecule has 4 nitrogen and oxygen atoms in total. The lowest BCUT2D eigenvalue weighted by atomic mass is 10.1. The first-order valence-corrected chi connectivity index (χ1v) is 8.30. The van der Waals surface area contributed by atoms with Gasteiger partial charge in [-0.25, -0.2) is 9.97 Å². The van der Waals surface area contributed by atoms with Crippen molar-refractivity contribution in [3.8, 4) is 0 Å². The highest BCUT2D eigenvalue weighted by Crippen LogP contribution is 2.24. The monoisotopic (exact) mass is 304 g/mol. The standard InChI is InChI=1S/C16H24N4S/c1-5-8-17-12(2)15-7-6-9-18-16(15)20(4)10-14-11-21-13(3)19-14/h6-7,9,11-12,17H,5,8,10H2,1-4H3. The van der Waals surface area contributed by atoms with E-state index < -0.39 is 0 Å². The van der Waals surface area contributed by atoms with Crippen LogP contribution in [0.5, 0.6) is 0 Å². The number of nitrogens with one attached hydrogen (secondary N) is 1. The van der Waals surface area contributed by atoms with Gasteiger partial charge in [0.1, 0.15) is 5.82 Å². The first kappa shape index (κ1) is 15.9. The highest BCUT2D eigenvalue weighted by Gasteiger charge is 2.15. The van der Waals surface area contributed by atoms with Gasteiger partial charge in [-0.05, 0) is 32.9 Å². The van der Waals surface area contributed by atoms with Gasteiger partial charge < -0.3 is 10.2 Å². The van der Waals surface area contributed by atoms with Crippen molar-refractivity contribution in [2.75, 3.05) is 18.5 Å². The van der Waals surface area contributed by atoms with E-state index in [2.05, 4.69) is 52.5 Å². The third kappa shape index (κ3) is 4.25. The minimum absolute atomic E-state index is 0.299. The Kier molecular flexibility index (Phi) is 5.70. The highest BCUT2D eigenvalue weighted by atomic mass is 32.1. The molecule has 21 heavy (non-hydrogen) atoms. The Balaban J connectivity index is 2.14. The molecule has 0 aromatic carbocycles. The van der Waals surface area contributed by atoms with E-state index >= 15 is 0 Å². The molecule has 2 aromatic heterocycles. The fourth-order valence-corrected chi connectivity index (χ4v) is 2.94. The molecule has 0 spiro atoms. The lowest BCUT2D eigenvalue weighted by Gasteiger charge is -2.23. The summed E-state index contributed by atoms with van der Waals surface area (Å²) in [5, 5.41) is 6.76. The van der Waals surface area contributed by atoms with Gasteiger partial charge in [-0.15, -0.1) is 11.3 Å². The largest absolute Gasteiger partial charge is 0.353 e. The van der Waals surface area contributed by atoms with Gasteiger partial charge in [0, 0.05) is 30.2 Å². The number of nitrogens with zero attached hydrogens (tertiary/aromatic N) is 3. The lowest BCUT2D eigenvalue weighted by Crippen LogP contribution is -2.25. The molecule has 0 aliphatic carbocycles. The van der Waals surface area contributed by atoms with E-state index in [-0.39, 0.29) is 0 Å². The van der Waals surface area contributed by atoms with Crippen LogP contribution in [0, 0.1) is 6.92 Å². The highest BCUT2D eigenvalue weighted by molar-refractivity contribution is 7.09. The second-order valence-electron chi connectivity index (χ2n) is 5.31. The maximum atomic E-state index is 4.57. The Labute approximate surface area is 131 Å². The minimum Gasteiger partial charge on any atom is -0.353 e. The summed E-state index contributed by atoms with van der Waals surface area (Å²) >= 11 is 1.69. The van der Waals surface area contributed by atoms with Crippen molar-refractivity contribution in [1.29, 1.82) is 0 Å². The maximum Gasteiger partial charge on any atom is 0.133 e. The Morgan fingerprint density at radius 2 is 2.24 bits per heavy atom. The summed E-state index contributed by atoms with van der Waals surface area (Å²) in [6, 6.07) is 4.45. The van der Waals surface area contributed by atoms with Crippen molar-refractivity contribution in [3.63, 3.8) is 0 Å². The van der Waals surface area contributed by atoms with Crippen LogP contribution in [-0.2, 0) is 6.54 Å². The van der Waals surface area contributed by atoms with Gasteiger partial charge >= 0.3 is 0 Å². The van der Waals surface area contributed by atoms with Crippen LogP contribution in [0.15, 0.2) is 23.7 Å². The van der Waals surface area contributed by atoms with Crippen molar-refractivity contribution >= 4 is 17.2 Å². The number of anilines is 1. The molecule has 0 saturated carbocycles. The average molecular weight is 304 g/mol. The van der Waals surface area contributed by atoms with Crippen molar-refractivity contribution in [3.05, 3.63) is 40.0 Å². The molecule has 2 heterocycles. The zero-order valence-electron chi connectivity index (χ0n) is 13.3. The molecule has 0 radical (unpaired) electrons. The fraction of sp³-hybridized carbons (Fsp3) is 0.500. The Hall–Kier alpha value is -1.46. The van der Waals surface area contributed by atoms with Crippen molar-refractivity contribution in [1.82, 2.24) is 15.3 Å². The zero-order chi connectivity index (χ0) is 15.2. The number of thiazole rings is 1. The molecule has 1 unspecified atom stereocenters. The quantitative estimate of drug-likeness (QED) is 0.849. The normalized spacial score (nSPS) is 12.4. The molecule has 0 amide bonds. The van der Waals surface area contributed by atoms with Crippen LogP contribution in [-0.4, -0.2) is 23.6 Å². The van der Waals surface area contributed by atoms with E-state index in [1.54, 1.807) is 11.3 Å². The minimum atomic E-state index is 0.299. The number of aromatic nitrogens is 2. The molecule has 0 aliphatic heterocycles. The van der Waals surface area contributed by atoms with Gasteiger partial charge in [0.05, 0.1) is 17.2 Å². The maximum absolute atomic E-state index is 4.57. The predicted molar refractivity (Wildman–Crippen MR) is 89.9 cm³/mol. The Morgan fingerprint density at radius 1 is 1.43 bits per heavy atom. The molecule has 0 aliphatic rings. The first-order chi connectivity index (χ1) is 10.1. The summed E-state index contributed by atoms with van der Waals surface area (Å²) in [5.41, 5.74) is 2.34. The van der Waals surface area contributed by atoms with Crippen molar-refractivity contribution in [2.45, 2.75) is 39.8 Å². The molecule has 2 aromatic rings. The van der Waals surface area contributed by atoms with E-state index in [1.807, 2.05) is 19.2 Å². The first-order valence-electron chi connectivity index (χ1n) is 7.42. The molecule has 0 saturated heterocycles. The molecular formula is C16H24N4S. The molecule has 2 rings (SSSR count). The van der Waals surface area contributed by atoms with Crippen LogP contribution in [0.25, 0.3) is 0 Å². The number of rotatable bonds is 7. The number of pyridine rings is 1. The number of hydrogen-bond acceptors (Lipinski definition) is 5. The third-order valence-corrected chi connectivity index (χ3v) is 4.23. The molecule has 114 valence electrons. The predicted octanol–water partition coefficient (Wildman–Crippen LogP) is 3.54. The van der Waals surface area contributed by atoms with Crippen LogP contribution < -0.4 is 10.2 Å². The number of hydrogen-bond donors (Lipinski definition) is 1. The van der Waals surface area contributed by atoms with Gasteiger partial charge in [0.25, 0.3) is 0 Å². The summed E-state index contributed by atoms with van der Waals surface area (Å²) < 4.78 is 0. The van der Waals surface area contributed by atoms with E-state index in [4.69, 9.17) is 0 Å². The molecule has 1 atom stereocenters. The molecule has 0 bridgehead atoms. The summed E-state index contributed by atoms with van der Waals surface area (Å²) in [6.07, 6.45) is 2.99. The zero-order valence-corrected chi connectivity index (χ0v) is 14.1. The molecule has 1 N–H and O–H groups in total. The SMILES string of the molecule is CCCNC(C)c1cccnc1N(C)Cc1csc(C)n1. The van der Waals surface area contributed by atoms with Crippen LogP contribution in [0.3, 0.4) is 0 Å². The fourth-order valence-electron chi connectivity index (χ4n) is 2.34. The third-order valence-electron chi connectivity index (χ3n) is 3.41. The van der Waals surface area contributed by atoms with E-state index in [0.29, 0.717) is 6.04 Å². The van der Waals surface area contributed by atoms with Gasteiger partial charge in [-0.3, -0.25) is 0 Å². The Bertz CT molecular complexity index is 567. The summed E-state index contributed by atoms with van der Waals surface area (Å²) in [4.78, 5) is 11.3. The average Bonchev–Trinajstić information content (AvgIpc) is 2.89. The molecule has 5 heteroatoms. The number of aryl methyl sites for hydroxylation is 1. The van der Waals surface area contributed by atoms with Crippen LogP contribution in [0.2, 0.25) is 0 Å². The van der Waals surface area contributed by atoms with Crippen molar-refractivity contribution < 1.29 is 0 Å². The van der Waals surface area contributed by atoms with Crippen LogP contribution in [0.4, 0.5) is 5.82 Å². The second-order valence-corrected chi connectivity index (χ2v) is 6.37. The van der Waals surface area contributed by atoms with Gasteiger partial charge in [-0.2, -0.15) is 0 Å². The molecular weight excluding hydrogens is 280 g/mol. The van der Waals surface area contributed by atoms with Crippen molar-refractivity contribution in [2.24, 2.45) is 0 Å². The lowest BCUT2D eigenvalue weighted by molar-refractivity contribution is 0.568. The van der Waals surface area contributed by atoms with Crippen LogP contribution >= 0.6 is 11.3 Å². The van der Waals surface area contributed by atoms with Crippen LogP contribution in [0.1, 0.15) is 42.6 Å². The van der Waals surface area contributed by atoms with Gasteiger partial charge in [0.2, 0.25) is 0 Å². The van der Waals surface area contributed by atoms with Gasteiger partial charge in [-0.1, -0.05) is 13.0 Å². The van der Waals surface area contributed by atoms with E-state index in [0.717, 1.165) is 36.0 Å². The van der Waals surface area contributed by atoms with E-state index in [9.17, 15) is 0 Å². The summed E-state index contributed by atoms with van der Waals surface area (Å²) in [6.45, 7) is 8.22. The molecule has 0 fully saturated rings. The van der Waals surface area contributed by atoms with Gasteiger partial charge in [0.15, 0.2) is 0 Å². The Morgan fingerprint density at radius 3 is 2.90 bits per heavy atom. The summed E-state index contributed by atoms with van der Waals surface area (Å²) in [7, 11) is 2.08. The second kappa shape index (κ2) is 7.52. The smallest absolute Gasteiger partial charge is 0.133 e. The summed E-state index contributed by atoms with van der Waals surface area (Å²) in [5.74, 6) is 1.03. The topological polar surface area (TPSA) is 41.1 Å².